The molecule has 0 aromatic carbocycles. The summed E-state index contributed by atoms with van der Waals surface area (Å²) in [5.74, 6) is -1.03. The van der Waals surface area contributed by atoms with E-state index in [4.69, 9.17) is 5.11 Å². The molecule has 6 nitrogen and oxygen atoms in total. The fourth-order valence-corrected chi connectivity index (χ4v) is 0.420. The molecule has 52 valence electrons. The maximum absolute atomic E-state index is 9.92. The Morgan fingerprint density at radius 2 is 2.00 bits per heavy atom. The Hall–Kier alpha value is -1.59. The minimum absolute atomic E-state index is 0.545. The first kappa shape index (κ1) is 6.53. The highest BCUT2D eigenvalue weighted by Gasteiger charge is 2.03. The first-order valence-electron chi connectivity index (χ1n) is 2.50. The van der Waals surface area contributed by atoms with Gasteiger partial charge in [-0.25, -0.2) is 4.79 Å². The average Bonchev–Trinajstić information content (AvgIpc) is 2.34. The summed E-state index contributed by atoms with van der Waals surface area (Å²) in [4.78, 5) is 9.92. The molecule has 0 spiro atoms. The van der Waals surface area contributed by atoms with E-state index in [2.05, 4.69) is 20.7 Å². The van der Waals surface area contributed by atoms with Gasteiger partial charge in [0.05, 0.1) is 0 Å². The smallest absolute Gasteiger partial charge is 0.328 e. The summed E-state index contributed by atoms with van der Waals surface area (Å²) < 4.78 is 0. The highest BCUT2D eigenvalue weighted by atomic mass is 16.4. The fraction of sp³-hybridized carbons (Fsp3) is 0.250. The van der Waals surface area contributed by atoms with Crippen LogP contribution in [-0.2, 0) is 4.79 Å². The van der Waals surface area contributed by atoms with Crippen LogP contribution in [0.5, 0.6) is 0 Å². The largest absolute Gasteiger partial charge is 0.478 e. The van der Waals surface area contributed by atoms with E-state index in [1.807, 2.05) is 0 Å². The van der Waals surface area contributed by atoms with Crippen LogP contribution in [0.2, 0.25) is 0 Å². The number of carboxylic acid groups (broad SMARTS) is 1. The van der Waals surface area contributed by atoms with Crippen LogP contribution in [0.3, 0.4) is 0 Å². The predicted octanol–water partition coefficient (Wildman–Crippen LogP) is 0.786. The summed E-state index contributed by atoms with van der Waals surface area (Å²) in [5, 5.41) is 21.4. The molecule has 1 aliphatic heterocycles. The van der Waals surface area contributed by atoms with Gasteiger partial charge in [-0.15, -0.1) is 10.2 Å². The lowest BCUT2D eigenvalue weighted by Gasteiger charge is -1.85. The third-order valence-corrected chi connectivity index (χ3v) is 0.791. The predicted molar refractivity (Wildman–Crippen MR) is 30.3 cm³/mol. The molecule has 10 heavy (non-hydrogen) atoms. The molecule has 1 N–H and O–H groups in total. The summed E-state index contributed by atoms with van der Waals surface area (Å²) >= 11 is 0. The lowest BCUT2D eigenvalue weighted by molar-refractivity contribution is -0.131. The van der Waals surface area contributed by atoms with Crippen molar-refractivity contribution in [3.63, 3.8) is 0 Å². The van der Waals surface area contributed by atoms with E-state index in [1.165, 1.54) is 6.08 Å². The maximum Gasteiger partial charge on any atom is 0.328 e. The van der Waals surface area contributed by atoms with Crippen LogP contribution < -0.4 is 0 Å². The monoisotopic (exact) mass is 140 g/mol. The lowest BCUT2D eigenvalue weighted by atomic mass is 10.4. The van der Waals surface area contributed by atoms with Crippen molar-refractivity contribution in [2.75, 3.05) is 0 Å². The van der Waals surface area contributed by atoms with Crippen LogP contribution in [0.15, 0.2) is 32.8 Å². The summed E-state index contributed by atoms with van der Waals surface area (Å²) in [6, 6.07) is 0. The van der Waals surface area contributed by atoms with Crippen molar-refractivity contribution in [3.05, 3.63) is 12.2 Å². The summed E-state index contributed by atoms with van der Waals surface area (Å²) in [6.45, 7) is 0. The second-order valence-electron chi connectivity index (χ2n) is 1.52. The molecule has 1 aliphatic rings. The number of aliphatic carboxylic acids is 1. The van der Waals surface area contributed by atoms with Crippen molar-refractivity contribution in [1.29, 1.82) is 0 Å². The molecule has 1 heterocycles. The van der Waals surface area contributed by atoms with Gasteiger partial charge in [0.25, 0.3) is 0 Å². The fourth-order valence-electron chi connectivity index (χ4n) is 0.420. The molecule has 0 aliphatic carbocycles. The SMILES string of the molecule is O=C(O)C=CC1N=NN=N1. The van der Waals surface area contributed by atoms with E-state index in [1.54, 1.807) is 0 Å². The van der Waals surface area contributed by atoms with Gasteiger partial charge in [-0.05, 0) is 16.5 Å². The molecule has 0 atom stereocenters. The molecule has 1 rings (SSSR count). The zero-order valence-electron chi connectivity index (χ0n) is 4.88. The number of hydrogen-bond acceptors (Lipinski definition) is 5. The first-order chi connectivity index (χ1) is 4.79. The quantitative estimate of drug-likeness (QED) is 0.574. The highest BCUT2D eigenvalue weighted by Crippen LogP contribution is 2.04. The summed E-state index contributed by atoms with van der Waals surface area (Å²) in [5.41, 5.74) is 0. The van der Waals surface area contributed by atoms with Crippen molar-refractivity contribution in [1.82, 2.24) is 0 Å². The highest BCUT2D eigenvalue weighted by molar-refractivity contribution is 5.79. The van der Waals surface area contributed by atoms with Crippen LogP contribution >= 0.6 is 0 Å². The van der Waals surface area contributed by atoms with Gasteiger partial charge in [0.15, 0.2) is 0 Å². The topological polar surface area (TPSA) is 86.7 Å². The number of nitrogens with zero attached hydrogens (tertiary/aromatic N) is 4. The van der Waals surface area contributed by atoms with E-state index in [0.29, 0.717) is 0 Å². The van der Waals surface area contributed by atoms with E-state index in [9.17, 15) is 4.79 Å². The van der Waals surface area contributed by atoms with Crippen LogP contribution in [0.4, 0.5) is 0 Å². The van der Waals surface area contributed by atoms with Crippen molar-refractivity contribution >= 4 is 5.97 Å². The zero-order chi connectivity index (χ0) is 7.40. The molecule has 0 radical (unpaired) electrons. The van der Waals surface area contributed by atoms with Gasteiger partial charge >= 0.3 is 5.97 Å². The molecule has 0 aromatic heterocycles. The molecule has 0 bridgehead atoms. The van der Waals surface area contributed by atoms with Gasteiger partial charge in [-0.2, -0.15) is 0 Å². The van der Waals surface area contributed by atoms with Crippen molar-refractivity contribution in [3.8, 4) is 0 Å². The third kappa shape index (κ3) is 1.73. The van der Waals surface area contributed by atoms with Crippen LogP contribution in [0.25, 0.3) is 0 Å². The minimum Gasteiger partial charge on any atom is -0.478 e. The summed E-state index contributed by atoms with van der Waals surface area (Å²) in [6.07, 6.45) is 1.70. The van der Waals surface area contributed by atoms with Crippen molar-refractivity contribution in [2.45, 2.75) is 6.17 Å². The van der Waals surface area contributed by atoms with Gasteiger partial charge in [-0.3, -0.25) is 0 Å². The van der Waals surface area contributed by atoms with Crippen molar-refractivity contribution < 1.29 is 9.90 Å². The molecular weight excluding hydrogens is 136 g/mol. The van der Waals surface area contributed by atoms with E-state index in [-0.39, 0.29) is 0 Å². The number of carboxylic acids is 1. The molecule has 0 unspecified atom stereocenters. The Kier molecular flexibility index (Phi) is 1.83. The second kappa shape index (κ2) is 2.81. The van der Waals surface area contributed by atoms with Crippen LogP contribution in [-0.4, -0.2) is 17.2 Å². The molecule has 6 heteroatoms. The molecule has 0 saturated carbocycles. The summed E-state index contributed by atoms with van der Waals surface area (Å²) in [7, 11) is 0. The van der Waals surface area contributed by atoms with Crippen molar-refractivity contribution in [2.24, 2.45) is 20.7 Å². The van der Waals surface area contributed by atoms with Crippen LogP contribution in [0, 0.1) is 0 Å². The number of carbonyl (C=O) groups is 1. The number of hydrogen-bond donors (Lipinski definition) is 1. The normalized spacial score (nSPS) is 17.2. The van der Waals surface area contributed by atoms with Gasteiger partial charge < -0.3 is 5.11 Å². The Morgan fingerprint density at radius 1 is 1.40 bits per heavy atom. The minimum atomic E-state index is -1.03. The van der Waals surface area contributed by atoms with Gasteiger partial charge in [0.1, 0.15) is 0 Å². The third-order valence-electron chi connectivity index (χ3n) is 0.791. The Balaban J connectivity index is 2.46. The first-order valence-corrected chi connectivity index (χ1v) is 2.50. The van der Waals surface area contributed by atoms with E-state index in [0.717, 1.165) is 6.08 Å². The lowest BCUT2D eigenvalue weighted by Crippen LogP contribution is -1.93. The second-order valence-corrected chi connectivity index (χ2v) is 1.52. The molecule has 0 aromatic rings. The molecular formula is C4H4N4O2. The Labute approximate surface area is 56.0 Å². The number of rotatable bonds is 2. The Morgan fingerprint density at radius 3 is 2.50 bits per heavy atom. The van der Waals surface area contributed by atoms with Gasteiger partial charge in [-0.1, -0.05) is 0 Å². The standard InChI is InChI=1S/C4H4N4O2/c9-4(10)2-1-3-5-7-8-6-3/h1-3H,(H,9,10). The zero-order valence-corrected chi connectivity index (χ0v) is 4.88. The molecule has 0 saturated heterocycles. The van der Waals surface area contributed by atoms with E-state index >= 15 is 0 Å². The van der Waals surface area contributed by atoms with Crippen LogP contribution in [0.1, 0.15) is 0 Å². The Bertz CT molecular complexity index is 207. The molecule has 0 amide bonds. The van der Waals surface area contributed by atoms with Gasteiger partial charge in [0, 0.05) is 6.08 Å². The average molecular weight is 140 g/mol. The molecule has 0 fully saturated rings. The van der Waals surface area contributed by atoms with E-state index < -0.39 is 12.1 Å². The maximum atomic E-state index is 9.92. The van der Waals surface area contributed by atoms with Gasteiger partial charge in [0.2, 0.25) is 6.17 Å².